The quantitative estimate of drug-likeness (QED) is 0.616. The number of benzene rings is 1. The molecule has 4 unspecified atom stereocenters. The van der Waals surface area contributed by atoms with Crippen LogP contribution < -0.4 is 0 Å². The van der Waals surface area contributed by atoms with Gasteiger partial charge in [-0.3, -0.25) is 0 Å². The summed E-state index contributed by atoms with van der Waals surface area (Å²) in [6.07, 6.45) is -1.74. The van der Waals surface area contributed by atoms with E-state index in [0.29, 0.717) is 18.6 Å². The van der Waals surface area contributed by atoms with E-state index in [9.17, 15) is 4.79 Å². The molecule has 0 aromatic heterocycles. The zero-order valence-corrected chi connectivity index (χ0v) is 14.3. The summed E-state index contributed by atoms with van der Waals surface area (Å²) in [6, 6.07) is 9.88. The molecule has 25 heavy (non-hydrogen) atoms. The van der Waals surface area contributed by atoms with E-state index in [1.54, 1.807) is 0 Å². The number of carbonyl (C=O) groups is 1. The molecule has 0 spiro atoms. The number of rotatable bonds is 4. The van der Waals surface area contributed by atoms with Gasteiger partial charge in [0.1, 0.15) is 24.4 Å². The van der Waals surface area contributed by atoms with Crippen LogP contribution in [0.2, 0.25) is 0 Å². The molecule has 3 saturated heterocycles. The van der Waals surface area contributed by atoms with Crippen LogP contribution in [0.15, 0.2) is 42.5 Å². The molecule has 3 heterocycles. The van der Waals surface area contributed by atoms with Crippen LogP contribution >= 0.6 is 0 Å². The maximum atomic E-state index is 11.7. The fraction of sp³-hybridized carbons (Fsp3) is 0.526. The Bertz CT molecular complexity index is 654. The van der Waals surface area contributed by atoms with Gasteiger partial charge in [-0.05, 0) is 19.4 Å². The van der Waals surface area contributed by atoms with Gasteiger partial charge in [-0.1, -0.05) is 36.9 Å². The highest BCUT2D eigenvalue weighted by Gasteiger charge is 2.58. The zero-order chi connectivity index (χ0) is 17.6. The second-order valence-electron chi connectivity index (χ2n) is 7.08. The summed E-state index contributed by atoms with van der Waals surface area (Å²) in [5.74, 6) is -1.11. The lowest BCUT2D eigenvalue weighted by Gasteiger charge is -2.28. The Balaban J connectivity index is 1.51. The minimum atomic E-state index is -0.732. The summed E-state index contributed by atoms with van der Waals surface area (Å²) in [7, 11) is 0. The monoisotopic (exact) mass is 346 g/mol. The fourth-order valence-corrected chi connectivity index (χ4v) is 3.53. The lowest BCUT2D eigenvalue weighted by atomic mass is 10.0. The molecule has 1 aromatic carbocycles. The van der Waals surface area contributed by atoms with Crippen molar-refractivity contribution in [3.8, 4) is 0 Å². The van der Waals surface area contributed by atoms with Crippen molar-refractivity contribution in [2.45, 2.75) is 63.4 Å². The molecule has 0 radical (unpaired) electrons. The van der Waals surface area contributed by atoms with Gasteiger partial charge < -0.3 is 23.7 Å². The Labute approximate surface area is 146 Å². The molecule has 6 nitrogen and oxygen atoms in total. The lowest BCUT2D eigenvalue weighted by molar-refractivity contribution is -0.230. The van der Waals surface area contributed by atoms with Gasteiger partial charge >= 0.3 is 5.97 Å². The standard InChI is InChI=1S/C19H22O6/c1-11-9-13(22-17(11)20)14-15(21-10-12-7-5-4-6-8-12)16-18(23-14)25-19(2,3)24-16/h4-8,13-16,18H,1,9-10H2,2-3H3/t13-,14?,15?,16?,18?/m0/s1. The van der Waals surface area contributed by atoms with Crippen molar-refractivity contribution < 1.29 is 28.5 Å². The van der Waals surface area contributed by atoms with Crippen LogP contribution in [0.4, 0.5) is 0 Å². The van der Waals surface area contributed by atoms with Crippen LogP contribution in [0.25, 0.3) is 0 Å². The molecule has 1 aromatic rings. The minimum absolute atomic E-state index is 0.365. The van der Waals surface area contributed by atoms with E-state index in [0.717, 1.165) is 5.56 Å². The predicted molar refractivity (Wildman–Crippen MR) is 87.4 cm³/mol. The number of carbonyl (C=O) groups excluding carboxylic acids is 1. The summed E-state index contributed by atoms with van der Waals surface area (Å²) in [4.78, 5) is 11.7. The van der Waals surface area contributed by atoms with Gasteiger partial charge in [0, 0.05) is 12.0 Å². The normalized spacial score (nSPS) is 36.5. The summed E-state index contributed by atoms with van der Waals surface area (Å²) < 4.78 is 29.3. The van der Waals surface area contributed by atoms with E-state index in [4.69, 9.17) is 23.7 Å². The molecule has 4 rings (SSSR count). The van der Waals surface area contributed by atoms with Crippen molar-refractivity contribution in [1.29, 1.82) is 0 Å². The third-order valence-electron chi connectivity index (χ3n) is 4.67. The molecule has 0 N–H and O–H groups in total. The van der Waals surface area contributed by atoms with Gasteiger partial charge in [-0.2, -0.15) is 0 Å². The Hall–Kier alpha value is -1.73. The molecule has 0 saturated carbocycles. The molecule has 3 aliphatic rings. The largest absolute Gasteiger partial charge is 0.456 e. The van der Waals surface area contributed by atoms with Crippen molar-refractivity contribution in [1.82, 2.24) is 0 Å². The molecule has 5 atom stereocenters. The first-order chi connectivity index (χ1) is 11.9. The van der Waals surface area contributed by atoms with Gasteiger partial charge in [-0.25, -0.2) is 4.79 Å². The van der Waals surface area contributed by atoms with Crippen molar-refractivity contribution >= 4 is 5.97 Å². The van der Waals surface area contributed by atoms with Gasteiger partial charge in [-0.15, -0.1) is 0 Å². The van der Waals surface area contributed by atoms with Crippen LogP contribution in [0, 0.1) is 0 Å². The van der Waals surface area contributed by atoms with E-state index in [1.807, 2.05) is 44.2 Å². The smallest absolute Gasteiger partial charge is 0.333 e. The second-order valence-corrected chi connectivity index (χ2v) is 7.08. The number of esters is 1. The average Bonchev–Trinajstić information content (AvgIpc) is 3.16. The Morgan fingerprint density at radius 2 is 1.96 bits per heavy atom. The third-order valence-corrected chi connectivity index (χ3v) is 4.67. The first-order valence-electron chi connectivity index (χ1n) is 8.48. The number of ether oxygens (including phenoxy) is 5. The first-order valence-corrected chi connectivity index (χ1v) is 8.48. The number of hydrogen-bond donors (Lipinski definition) is 0. The number of cyclic esters (lactones) is 1. The summed E-state index contributed by atoms with van der Waals surface area (Å²) >= 11 is 0. The molecule has 3 fully saturated rings. The maximum Gasteiger partial charge on any atom is 0.333 e. The highest BCUT2D eigenvalue weighted by Crippen LogP contribution is 2.42. The maximum absolute atomic E-state index is 11.7. The van der Waals surface area contributed by atoms with Gasteiger partial charge in [0.15, 0.2) is 12.1 Å². The number of fused-ring (bicyclic) bond motifs is 1. The third kappa shape index (κ3) is 3.22. The van der Waals surface area contributed by atoms with Crippen LogP contribution in [0.3, 0.4) is 0 Å². The fourth-order valence-electron chi connectivity index (χ4n) is 3.53. The minimum Gasteiger partial charge on any atom is -0.456 e. The van der Waals surface area contributed by atoms with Crippen LogP contribution in [0.5, 0.6) is 0 Å². The molecule has 0 aliphatic carbocycles. The molecular weight excluding hydrogens is 324 g/mol. The average molecular weight is 346 g/mol. The molecule has 3 aliphatic heterocycles. The number of hydrogen-bond acceptors (Lipinski definition) is 6. The van der Waals surface area contributed by atoms with E-state index >= 15 is 0 Å². The zero-order valence-electron chi connectivity index (χ0n) is 14.3. The van der Waals surface area contributed by atoms with Crippen molar-refractivity contribution in [2.75, 3.05) is 0 Å². The van der Waals surface area contributed by atoms with E-state index in [-0.39, 0.29) is 12.1 Å². The lowest BCUT2D eigenvalue weighted by Crippen LogP contribution is -2.42. The molecule has 6 heteroatoms. The Morgan fingerprint density at radius 1 is 1.20 bits per heavy atom. The topological polar surface area (TPSA) is 63.2 Å². The van der Waals surface area contributed by atoms with Gasteiger partial charge in [0.2, 0.25) is 0 Å². The van der Waals surface area contributed by atoms with E-state index in [2.05, 4.69) is 6.58 Å². The summed E-state index contributed by atoms with van der Waals surface area (Å²) in [5.41, 5.74) is 1.50. The Morgan fingerprint density at radius 3 is 2.64 bits per heavy atom. The molecule has 134 valence electrons. The first kappa shape index (κ1) is 16.7. The van der Waals surface area contributed by atoms with Gasteiger partial charge in [0.25, 0.3) is 0 Å². The van der Waals surface area contributed by atoms with Gasteiger partial charge in [0.05, 0.1) is 6.61 Å². The van der Waals surface area contributed by atoms with Crippen molar-refractivity contribution in [2.24, 2.45) is 0 Å². The van der Waals surface area contributed by atoms with Crippen LogP contribution in [-0.2, 0) is 35.1 Å². The van der Waals surface area contributed by atoms with E-state index < -0.39 is 30.4 Å². The molecule has 0 amide bonds. The SMILES string of the molecule is C=C1C[C@@H](C2OC3OC(C)(C)OC3C2OCc2ccccc2)OC1=O. The van der Waals surface area contributed by atoms with Crippen LogP contribution in [0.1, 0.15) is 25.8 Å². The van der Waals surface area contributed by atoms with Crippen molar-refractivity contribution in [3.05, 3.63) is 48.0 Å². The molecule has 0 bridgehead atoms. The Kier molecular flexibility index (Phi) is 4.16. The highest BCUT2D eigenvalue weighted by atomic mass is 16.8. The van der Waals surface area contributed by atoms with Crippen molar-refractivity contribution in [3.63, 3.8) is 0 Å². The highest BCUT2D eigenvalue weighted by molar-refractivity contribution is 5.90. The van der Waals surface area contributed by atoms with E-state index in [1.165, 1.54) is 0 Å². The second kappa shape index (κ2) is 6.21. The summed E-state index contributed by atoms with van der Waals surface area (Å²) in [5, 5.41) is 0. The predicted octanol–water partition coefficient (Wildman–Crippen LogP) is 2.32. The summed E-state index contributed by atoms with van der Waals surface area (Å²) in [6.45, 7) is 7.84. The van der Waals surface area contributed by atoms with Crippen LogP contribution in [-0.4, -0.2) is 42.5 Å². The molecular formula is C19H22O6.